The lowest BCUT2D eigenvalue weighted by atomic mass is 9.95. The van der Waals surface area contributed by atoms with E-state index in [1.54, 1.807) is 6.07 Å². The summed E-state index contributed by atoms with van der Waals surface area (Å²) in [6.45, 7) is 0.256. The highest BCUT2D eigenvalue weighted by atomic mass is 19.1. The van der Waals surface area contributed by atoms with Gasteiger partial charge in [-0.15, -0.1) is 0 Å². The maximum absolute atomic E-state index is 15.7. The summed E-state index contributed by atoms with van der Waals surface area (Å²) in [5.41, 5.74) is 1.60. The Hall–Kier alpha value is -4.39. The summed E-state index contributed by atoms with van der Waals surface area (Å²) >= 11 is 0. The van der Waals surface area contributed by atoms with Crippen LogP contribution in [0.2, 0.25) is 0 Å². The zero-order valence-electron chi connectivity index (χ0n) is 18.6. The molecule has 0 unspecified atom stereocenters. The molecule has 0 saturated heterocycles. The van der Waals surface area contributed by atoms with Crippen LogP contribution < -0.4 is 14.2 Å². The first-order chi connectivity index (χ1) is 16.4. The Balaban J connectivity index is 1.77. The summed E-state index contributed by atoms with van der Waals surface area (Å²) in [7, 11) is 2.60. The van der Waals surface area contributed by atoms with E-state index in [9.17, 15) is 15.3 Å². The normalized spacial score (nSPS) is 10.7. The molecule has 0 saturated carbocycles. The van der Waals surface area contributed by atoms with E-state index in [2.05, 4.69) is 0 Å². The minimum atomic E-state index is -0.762. The second-order valence-corrected chi connectivity index (χ2v) is 7.48. The number of rotatable bonds is 7. The van der Waals surface area contributed by atoms with Gasteiger partial charge in [-0.3, -0.25) is 0 Å². The zero-order valence-corrected chi connectivity index (χ0v) is 18.6. The van der Waals surface area contributed by atoms with Crippen molar-refractivity contribution in [2.24, 2.45) is 0 Å². The van der Waals surface area contributed by atoms with E-state index in [4.69, 9.17) is 14.2 Å². The number of methoxy groups -OCH3 is 2. The van der Waals surface area contributed by atoms with Crippen LogP contribution in [0.5, 0.6) is 34.5 Å². The van der Waals surface area contributed by atoms with Crippen LogP contribution in [0, 0.1) is 5.82 Å². The minimum absolute atomic E-state index is 0.0148. The van der Waals surface area contributed by atoms with Gasteiger partial charge in [-0.25, -0.2) is 4.39 Å². The molecule has 0 bridgehead atoms. The van der Waals surface area contributed by atoms with Gasteiger partial charge in [0.05, 0.1) is 25.3 Å². The Labute approximate surface area is 196 Å². The molecule has 0 aliphatic rings. The number of halogens is 1. The van der Waals surface area contributed by atoms with Gasteiger partial charge in [0, 0.05) is 0 Å². The summed E-state index contributed by atoms with van der Waals surface area (Å²) in [5, 5.41) is 31.2. The van der Waals surface area contributed by atoms with Crippen molar-refractivity contribution in [2.75, 3.05) is 14.2 Å². The van der Waals surface area contributed by atoms with Gasteiger partial charge < -0.3 is 29.5 Å². The van der Waals surface area contributed by atoms with Gasteiger partial charge in [0.15, 0.2) is 34.6 Å². The quantitative estimate of drug-likeness (QED) is 0.318. The molecular weight excluding hydrogens is 439 g/mol. The van der Waals surface area contributed by atoms with E-state index < -0.39 is 5.82 Å². The molecule has 0 amide bonds. The molecule has 0 aliphatic carbocycles. The molecule has 6 nitrogen and oxygen atoms in total. The first-order valence-electron chi connectivity index (χ1n) is 10.4. The van der Waals surface area contributed by atoms with Crippen molar-refractivity contribution in [1.29, 1.82) is 0 Å². The number of hydrogen-bond donors (Lipinski definition) is 3. The highest BCUT2D eigenvalue weighted by molar-refractivity contribution is 5.88. The molecule has 0 fully saturated rings. The standard InChI is InChI=1S/C27H23FO6/c1-32-26-23(18-10-13-21(20(30)14-18)34-15-16-6-4-3-5-7-16)25(31)27(33-2)22(24(26)28)17-8-11-19(29)12-9-17/h3-14,29-31H,15H2,1-2H3. The Kier molecular flexibility index (Phi) is 6.45. The summed E-state index contributed by atoms with van der Waals surface area (Å²) < 4.78 is 32.0. The van der Waals surface area contributed by atoms with Gasteiger partial charge in [-0.2, -0.15) is 0 Å². The third-order valence-corrected chi connectivity index (χ3v) is 5.37. The molecule has 4 aromatic carbocycles. The van der Waals surface area contributed by atoms with Crippen molar-refractivity contribution in [1.82, 2.24) is 0 Å². The summed E-state index contributed by atoms with van der Waals surface area (Å²) in [5.74, 6) is -1.39. The first-order valence-corrected chi connectivity index (χ1v) is 10.4. The molecule has 34 heavy (non-hydrogen) atoms. The predicted octanol–water partition coefficient (Wildman–Crippen LogP) is 5.87. The summed E-state index contributed by atoms with van der Waals surface area (Å²) in [6, 6.07) is 19.8. The van der Waals surface area contributed by atoms with Crippen molar-refractivity contribution in [2.45, 2.75) is 6.61 Å². The van der Waals surface area contributed by atoms with Crippen LogP contribution >= 0.6 is 0 Å². The number of benzene rings is 4. The van der Waals surface area contributed by atoms with Crippen molar-refractivity contribution < 1.29 is 33.9 Å². The fourth-order valence-electron chi connectivity index (χ4n) is 3.74. The molecule has 0 heterocycles. The van der Waals surface area contributed by atoms with E-state index >= 15 is 4.39 Å². The number of phenols is 3. The van der Waals surface area contributed by atoms with Crippen molar-refractivity contribution in [3.05, 3.63) is 84.2 Å². The van der Waals surface area contributed by atoms with Crippen molar-refractivity contribution in [3.63, 3.8) is 0 Å². The number of aromatic hydroxyl groups is 3. The molecule has 0 spiro atoms. The first kappa shape index (κ1) is 22.8. The van der Waals surface area contributed by atoms with Crippen LogP contribution in [0.1, 0.15) is 5.56 Å². The second-order valence-electron chi connectivity index (χ2n) is 7.48. The third-order valence-electron chi connectivity index (χ3n) is 5.37. The smallest absolute Gasteiger partial charge is 0.177 e. The highest BCUT2D eigenvalue weighted by Gasteiger charge is 2.28. The van der Waals surface area contributed by atoms with E-state index in [0.29, 0.717) is 11.1 Å². The van der Waals surface area contributed by atoms with E-state index in [1.807, 2.05) is 30.3 Å². The van der Waals surface area contributed by atoms with Gasteiger partial charge in [0.25, 0.3) is 0 Å². The van der Waals surface area contributed by atoms with Crippen LogP contribution in [0.3, 0.4) is 0 Å². The third kappa shape index (κ3) is 4.28. The molecule has 0 radical (unpaired) electrons. The average molecular weight is 462 g/mol. The Morgan fingerprint density at radius 2 is 1.38 bits per heavy atom. The van der Waals surface area contributed by atoms with Crippen LogP contribution in [0.25, 0.3) is 22.3 Å². The van der Waals surface area contributed by atoms with Crippen LogP contribution in [-0.4, -0.2) is 29.5 Å². The summed E-state index contributed by atoms with van der Waals surface area (Å²) in [4.78, 5) is 0. The Morgan fingerprint density at radius 1 is 0.735 bits per heavy atom. The molecule has 3 N–H and O–H groups in total. The predicted molar refractivity (Wildman–Crippen MR) is 126 cm³/mol. The molecule has 0 aliphatic heterocycles. The Bertz CT molecular complexity index is 1300. The zero-order chi connectivity index (χ0) is 24.2. The number of phenolic OH excluding ortho intramolecular Hbond substituents is 3. The molecule has 4 aromatic rings. The van der Waals surface area contributed by atoms with Crippen LogP contribution in [0.4, 0.5) is 4.39 Å². The van der Waals surface area contributed by atoms with Gasteiger partial charge in [0.1, 0.15) is 12.4 Å². The van der Waals surface area contributed by atoms with Crippen molar-refractivity contribution in [3.8, 4) is 56.8 Å². The SMILES string of the molecule is COc1c(F)c(-c2ccc(O)cc2)c(OC)c(O)c1-c1ccc(OCc2ccccc2)c(O)c1. The average Bonchev–Trinajstić information content (AvgIpc) is 2.85. The van der Waals surface area contributed by atoms with E-state index in [1.165, 1.54) is 50.6 Å². The maximum atomic E-state index is 15.7. The van der Waals surface area contributed by atoms with Gasteiger partial charge in [-0.05, 0) is 41.0 Å². The molecule has 0 aromatic heterocycles. The fraction of sp³-hybridized carbons (Fsp3) is 0.111. The van der Waals surface area contributed by atoms with Gasteiger partial charge in [0.2, 0.25) is 0 Å². The number of ether oxygens (including phenoxy) is 3. The largest absolute Gasteiger partial charge is 0.508 e. The molecule has 174 valence electrons. The monoisotopic (exact) mass is 462 g/mol. The van der Waals surface area contributed by atoms with Gasteiger partial charge in [-0.1, -0.05) is 48.5 Å². The maximum Gasteiger partial charge on any atom is 0.177 e. The lowest BCUT2D eigenvalue weighted by molar-refractivity contribution is 0.289. The summed E-state index contributed by atoms with van der Waals surface area (Å²) in [6.07, 6.45) is 0. The fourth-order valence-corrected chi connectivity index (χ4v) is 3.74. The van der Waals surface area contributed by atoms with Crippen molar-refractivity contribution >= 4 is 0 Å². The highest BCUT2D eigenvalue weighted by Crippen LogP contribution is 2.52. The number of hydrogen-bond acceptors (Lipinski definition) is 6. The molecular formula is C27H23FO6. The van der Waals surface area contributed by atoms with E-state index in [-0.39, 0.29) is 52.2 Å². The molecule has 0 atom stereocenters. The van der Waals surface area contributed by atoms with Crippen LogP contribution in [-0.2, 0) is 6.61 Å². The topological polar surface area (TPSA) is 88.4 Å². The molecule has 7 heteroatoms. The second kappa shape index (κ2) is 9.62. The molecule has 4 rings (SSSR count). The Morgan fingerprint density at radius 3 is 2.00 bits per heavy atom. The lowest BCUT2D eigenvalue weighted by Gasteiger charge is -2.19. The van der Waals surface area contributed by atoms with E-state index in [0.717, 1.165) is 5.56 Å². The lowest BCUT2D eigenvalue weighted by Crippen LogP contribution is -2.00. The van der Waals surface area contributed by atoms with Crippen LogP contribution in [0.15, 0.2) is 72.8 Å². The van der Waals surface area contributed by atoms with Gasteiger partial charge >= 0.3 is 0 Å². The minimum Gasteiger partial charge on any atom is -0.508 e.